The van der Waals surface area contributed by atoms with Gasteiger partial charge < -0.3 is 16.0 Å². The van der Waals surface area contributed by atoms with E-state index >= 15 is 0 Å². The Kier molecular flexibility index (Phi) is 6.65. The van der Waals surface area contributed by atoms with Crippen molar-refractivity contribution in [3.05, 3.63) is 95.9 Å². The van der Waals surface area contributed by atoms with Crippen LogP contribution in [0.4, 0.5) is 11.4 Å². The molecule has 1 aromatic heterocycles. The minimum Gasteiger partial charge on any atom is -0.355 e. The van der Waals surface area contributed by atoms with Gasteiger partial charge in [-0.2, -0.15) is 0 Å². The van der Waals surface area contributed by atoms with Crippen molar-refractivity contribution in [2.45, 2.75) is 13.3 Å². The zero-order chi connectivity index (χ0) is 21.5. The van der Waals surface area contributed by atoms with E-state index in [-0.39, 0.29) is 0 Å². The van der Waals surface area contributed by atoms with Crippen LogP contribution in [0.2, 0.25) is 0 Å². The molecule has 0 radical (unpaired) electrons. The van der Waals surface area contributed by atoms with Gasteiger partial charge in [0.05, 0.1) is 11.9 Å². The minimum absolute atomic E-state index is 0.679. The third kappa shape index (κ3) is 5.35. The van der Waals surface area contributed by atoms with E-state index in [1.807, 2.05) is 36.4 Å². The van der Waals surface area contributed by atoms with Gasteiger partial charge in [-0.05, 0) is 48.4 Å². The van der Waals surface area contributed by atoms with E-state index in [1.165, 1.54) is 5.57 Å². The number of nitrogens with one attached hydrogen (secondary N) is 3. The van der Waals surface area contributed by atoms with Crippen molar-refractivity contribution in [1.29, 1.82) is 0 Å². The highest BCUT2D eigenvalue weighted by molar-refractivity contribution is 5.96. The highest BCUT2D eigenvalue weighted by Crippen LogP contribution is 2.19. The molecule has 5 heteroatoms. The largest absolute Gasteiger partial charge is 0.355 e. The molecule has 152 valence electrons. The van der Waals surface area contributed by atoms with Gasteiger partial charge in [-0.25, -0.2) is 0 Å². The van der Waals surface area contributed by atoms with Crippen LogP contribution in [0, 0.1) is 0 Å². The van der Waals surface area contributed by atoms with Crippen molar-refractivity contribution in [3.63, 3.8) is 0 Å². The van der Waals surface area contributed by atoms with Gasteiger partial charge in [-0.1, -0.05) is 45.4 Å². The Morgan fingerprint density at radius 1 is 1.10 bits per heavy atom. The molecule has 2 heterocycles. The molecule has 0 atom stereocenters. The monoisotopic (exact) mass is 397 g/mol. The van der Waals surface area contributed by atoms with Crippen LogP contribution in [0.25, 0.3) is 18.4 Å². The summed E-state index contributed by atoms with van der Waals surface area (Å²) in [6.45, 7) is 18.7. The number of benzene rings is 1. The minimum atomic E-state index is 0.679. The molecule has 5 nitrogen and oxygen atoms in total. The number of amidine groups is 1. The van der Waals surface area contributed by atoms with Crippen LogP contribution in [0.15, 0.2) is 84.8 Å². The second-order valence-corrected chi connectivity index (χ2v) is 6.93. The normalized spacial score (nSPS) is 13.3. The molecule has 0 aliphatic carbocycles. The highest BCUT2D eigenvalue weighted by atomic mass is 15.1. The first-order valence-corrected chi connectivity index (χ1v) is 9.79. The average Bonchev–Trinajstić information content (AvgIpc) is 3.18. The Labute approximate surface area is 177 Å². The van der Waals surface area contributed by atoms with Crippen molar-refractivity contribution >= 4 is 35.6 Å². The maximum Gasteiger partial charge on any atom is 0.126 e. The van der Waals surface area contributed by atoms with E-state index < -0.39 is 0 Å². The molecule has 0 bridgehead atoms. The first-order chi connectivity index (χ1) is 14.5. The summed E-state index contributed by atoms with van der Waals surface area (Å²) in [6, 6.07) is 9.88. The third-order valence-electron chi connectivity index (χ3n) is 4.65. The van der Waals surface area contributed by atoms with Crippen molar-refractivity contribution in [1.82, 2.24) is 10.3 Å². The van der Waals surface area contributed by atoms with Crippen LogP contribution in [-0.4, -0.2) is 17.4 Å². The smallest absolute Gasteiger partial charge is 0.126 e. The number of allylic oxidation sites excluding steroid dienone is 1. The molecule has 30 heavy (non-hydrogen) atoms. The van der Waals surface area contributed by atoms with E-state index in [4.69, 9.17) is 0 Å². The Balaban J connectivity index is 1.60. The van der Waals surface area contributed by atoms with Crippen molar-refractivity contribution in [2.24, 2.45) is 4.99 Å². The van der Waals surface area contributed by atoms with Crippen molar-refractivity contribution in [3.8, 4) is 0 Å². The summed E-state index contributed by atoms with van der Waals surface area (Å²) in [5, 5.41) is 11.4. The molecule has 3 N–H and O–H groups in total. The summed E-state index contributed by atoms with van der Waals surface area (Å²) in [5.74, 6) is 1.52. The topological polar surface area (TPSA) is 61.3 Å². The maximum absolute atomic E-state index is 4.44. The molecule has 0 unspecified atom stereocenters. The number of rotatable bonds is 8. The van der Waals surface area contributed by atoms with Crippen LogP contribution >= 0.6 is 0 Å². The zero-order valence-electron chi connectivity index (χ0n) is 17.3. The predicted octanol–water partition coefficient (Wildman–Crippen LogP) is 3.76. The molecule has 0 spiro atoms. The standard InChI is InChI=1S/C25H27N5/c1-6-8-21-14-22(16-26-17(21)3)18(4)28-23-9-11-24(12-10-23)29-19(5)30-25-13-20(7-2)15-27-25/h6,8-14,16,28-29H,1,3-5,7,15H2,2H3,(H,27,30)/b21-8-. The van der Waals surface area contributed by atoms with Crippen molar-refractivity contribution < 1.29 is 0 Å². The third-order valence-corrected chi connectivity index (χ3v) is 4.65. The summed E-state index contributed by atoms with van der Waals surface area (Å²) in [5.41, 5.74) is 4.81. The Bertz CT molecular complexity index is 1140. The molecular weight excluding hydrogens is 370 g/mol. The van der Waals surface area contributed by atoms with E-state index in [0.29, 0.717) is 11.2 Å². The second kappa shape index (κ2) is 9.56. The number of nitrogens with zero attached hydrogens (tertiary/aromatic N) is 2. The van der Waals surface area contributed by atoms with Gasteiger partial charge in [0.1, 0.15) is 11.7 Å². The van der Waals surface area contributed by atoms with Crippen LogP contribution < -0.4 is 26.5 Å². The van der Waals surface area contributed by atoms with Crippen LogP contribution in [0.3, 0.4) is 0 Å². The van der Waals surface area contributed by atoms with E-state index in [0.717, 1.165) is 46.7 Å². The van der Waals surface area contributed by atoms with E-state index in [1.54, 1.807) is 12.3 Å². The molecule has 2 aromatic rings. The number of aliphatic imine (C=N–C) groups is 1. The first-order valence-electron chi connectivity index (χ1n) is 9.79. The van der Waals surface area contributed by atoms with E-state index in [2.05, 4.69) is 65.2 Å². The quantitative estimate of drug-likeness (QED) is 0.635. The highest BCUT2D eigenvalue weighted by Gasteiger charge is 2.07. The zero-order valence-corrected chi connectivity index (χ0v) is 17.3. The van der Waals surface area contributed by atoms with Crippen molar-refractivity contribution in [2.75, 3.05) is 17.2 Å². The summed E-state index contributed by atoms with van der Waals surface area (Å²) in [4.78, 5) is 8.77. The molecule has 0 saturated heterocycles. The number of anilines is 2. The summed E-state index contributed by atoms with van der Waals surface area (Å²) < 4.78 is 0. The predicted molar refractivity (Wildman–Crippen MR) is 129 cm³/mol. The Morgan fingerprint density at radius 2 is 1.80 bits per heavy atom. The number of pyridine rings is 1. The molecule has 0 amide bonds. The van der Waals surface area contributed by atoms with Gasteiger partial charge in [0.15, 0.2) is 0 Å². The Hall–Kier alpha value is -3.86. The fourth-order valence-corrected chi connectivity index (χ4v) is 2.95. The van der Waals surface area contributed by atoms with Crippen LogP contribution in [0.1, 0.15) is 18.9 Å². The average molecular weight is 398 g/mol. The fourth-order valence-electron chi connectivity index (χ4n) is 2.95. The van der Waals surface area contributed by atoms with Gasteiger partial charge in [0.2, 0.25) is 0 Å². The van der Waals surface area contributed by atoms with Crippen LogP contribution in [0.5, 0.6) is 0 Å². The van der Waals surface area contributed by atoms with Crippen LogP contribution in [-0.2, 0) is 0 Å². The van der Waals surface area contributed by atoms with Gasteiger partial charge in [0.25, 0.3) is 0 Å². The number of aromatic nitrogens is 1. The molecule has 0 saturated carbocycles. The lowest BCUT2D eigenvalue weighted by Gasteiger charge is -2.13. The summed E-state index contributed by atoms with van der Waals surface area (Å²) in [6.07, 6.45) is 8.44. The first kappa shape index (κ1) is 20.9. The Morgan fingerprint density at radius 3 is 2.43 bits per heavy atom. The van der Waals surface area contributed by atoms with Gasteiger partial charge >= 0.3 is 0 Å². The van der Waals surface area contributed by atoms with Gasteiger partial charge in [-0.3, -0.25) is 9.98 Å². The molecular formula is C25H27N5. The lowest BCUT2D eigenvalue weighted by Crippen LogP contribution is -2.26. The lowest BCUT2D eigenvalue weighted by atomic mass is 10.2. The number of hydrogen-bond donors (Lipinski definition) is 3. The summed E-state index contributed by atoms with van der Waals surface area (Å²) >= 11 is 0. The number of hydrogen-bond acceptors (Lipinski definition) is 5. The maximum atomic E-state index is 4.44. The van der Waals surface area contributed by atoms with Gasteiger partial charge in [-0.15, -0.1) is 0 Å². The summed E-state index contributed by atoms with van der Waals surface area (Å²) in [7, 11) is 0. The molecule has 1 aliphatic rings. The fraction of sp³-hybridized carbons (Fsp3) is 0.120. The van der Waals surface area contributed by atoms with E-state index in [9.17, 15) is 0 Å². The lowest BCUT2D eigenvalue weighted by molar-refractivity contribution is 1.03. The SMILES string of the molecule is C=C/C=c1/cc(C(=C)Nc2ccc(NC(=C)NC3=NCC(CC)=C3)cc2)cnc1=C. The molecule has 0 fully saturated rings. The molecule has 3 rings (SSSR count). The van der Waals surface area contributed by atoms with Gasteiger partial charge in [0, 0.05) is 34.1 Å². The second-order valence-electron chi connectivity index (χ2n) is 6.93. The molecule has 1 aliphatic heterocycles. The molecule has 1 aromatic carbocycles.